The second-order valence-corrected chi connectivity index (χ2v) is 5.34. The van der Waals surface area contributed by atoms with Crippen LogP contribution in [0.1, 0.15) is 90.9 Å². The van der Waals surface area contributed by atoms with E-state index in [1.807, 2.05) is 0 Å². The van der Waals surface area contributed by atoms with Crippen molar-refractivity contribution in [2.75, 3.05) is 6.61 Å². The number of ether oxygens (including phenoxy) is 1. The summed E-state index contributed by atoms with van der Waals surface area (Å²) in [5.74, 6) is 5.88. The van der Waals surface area contributed by atoms with Crippen LogP contribution in [0.4, 0.5) is 0 Å². The minimum atomic E-state index is -0.0965. The predicted octanol–water partition coefficient (Wildman–Crippen LogP) is 5.25. The van der Waals surface area contributed by atoms with Crippen LogP contribution in [0.2, 0.25) is 0 Å². The Bertz CT molecular complexity index is 273. The van der Waals surface area contributed by atoms with Crippen LogP contribution < -0.4 is 0 Å². The maximum absolute atomic E-state index is 11.4. The number of esters is 1. The molecule has 0 aliphatic carbocycles. The molecule has 20 heavy (non-hydrogen) atoms. The average Bonchev–Trinajstić information content (AvgIpc) is 2.45. The number of rotatable bonds is 12. The third-order valence-electron chi connectivity index (χ3n) is 3.32. The van der Waals surface area contributed by atoms with Crippen molar-refractivity contribution in [1.29, 1.82) is 0 Å². The van der Waals surface area contributed by atoms with Gasteiger partial charge in [-0.15, -0.1) is 0 Å². The van der Waals surface area contributed by atoms with Crippen molar-refractivity contribution in [3.8, 4) is 11.8 Å². The minimum Gasteiger partial charge on any atom is -0.452 e. The lowest BCUT2D eigenvalue weighted by Crippen LogP contribution is -2.04. The molecule has 0 N–H and O–H groups in total. The van der Waals surface area contributed by atoms with Crippen LogP contribution >= 0.6 is 0 Å². The molecule has 0 heterocycles. The van der Waals surface area contributed by atoms with Gasteiger partial charge in [0.2, 0.25) is 0 Å². The lowest BCUT2D eigenvalue weighted by atomic mass is 10.1. The number of hydrogen-bond donors (Lipinski definition) is 0. The highest BCUT2D eigenvalue weighted by molar-refractivity contribution is 5.69. The van der Waals surface area contributed by atoms with Gasteiger partial charge in [0.1, 0.15) is 0 Å². The quantitative estimate of drug-likeness (QED) is 0.277. The lowest BCUT2D eigenvalue weighted by molar-refractivity contribution is -0.142. The van der Waals surface area contributed by atoms with E-state index in [1.165, 1.54) is 44.9 Å². The van der Waals surface area contributed by atoms with E-state index in [0.29, 0.717) is 6.42 Å². The van der Waals surface area contributed by atoms with E-state index in [-0.39, 0.29) is 12.6 Å². The van der Waals surface area contributed by atoms with Crippen LogP contribution in [-0.4, -0.2) is 12.6 Å². The van der Waals surface area contributed by atoms with Gasteiger partial charge in [-0.05, 0) is 12.8 Å². The fraction of sp³-hybridized carbons (Fsp3) is 0.833. The fourth-order valence-electron chi connectivity index (χ4n) is 2.02. The second-order valence-electron chi connectivity index (χ2n) is 5.34. The Morgan fingerprint density at radius 1 is 0.800 bits per heavy atom. The van der Waals surface area contributed by atoms with Gasteiger partial charge in [0.05, 0.1) is 0 Å². The summed E-state index contributed by atoms with van der Waals surface area (Å²) in [6, 6.07) is 0. The summed E-state index contributed by atoms with van der Waals surface area (Å²) in [5, 5.41) is 0. The number of carbonyl (C=O) groups excluding carboxylic acids is 1. The third-order valence-corrected chi connectivity index (χ3v) is 3.32. The Balaban J connectivity index is 3.29. The molecule has 0 aliphatic heterocycles. The van der Waals surface area contributed by atoms with E-state index in [2.05, 4.69) is 25.7 Å². The monoisotopic (exact) mass is 280 g/mol. The Hall–Kier alpha value is -0.970. The van der Waals surface area contributed by atoms with Gasteiger partial charge in [-0.2, -0.15) is 0 Å². The predicted molar refractivity (Wildman–Crippen MR) is 85.5 cm³/mol. The van der Waals surface area contributed by atoms with E-state index >= 15 is 0 Å². The molecule has 0 fully saturated rings. The first-order valence-corrected chi connectivity index (χ1v) is 8.42. The number of carbonyl (C=O) groups is 1. The molecule has 0 aromatic heterocycles. The molecule has 2 heteroatoms. The van der Waals surface area contributed by atoms with Crippen LogP contribution in [0.25, 0.3) is 0 Å². The molecular weight excluding hydrogens is 248 g/mol. The van der Waals surface area contributed by atoms with E-state index in [0.717, 1.165) is 25.7 Å². The molecule has 0 aromatic carbocycles. The van der Waals surface area contributed by atoms with Gasteiger partial charge in [0.15, 0.2) is 6.61 Å². The Kier molecular flexibility index (Phi) is 15.3. The average molecular weight is 280 g/mol. The molecule has 0 aromatic rings. The molecule has 0 rings (SSSR count). The van der Waals surface area contributed by atoms with Crippen LogP contribution in [0, 0.1) is 11.8 Å². The molecule has 2 nitrogen and oxygen atoms in total. The molecule has 0 amide bonds. The minimum absolute atomic E-state index is 0.0965. The summed E-state index contributed by atoms with van der Waals surface area (Å²) in [4.78, 5) is 11.4. The summed E-state index contributed by atoms with van der Waals surface area (Å²) in [5.41, 5.74) is 0. The van der Waals surface area contributed by atoms with Crippen molar-refractivity contribution in [2.24, 2.45) is 0 Å². The van der Waals surface area contributed by atoms with Gasteiger partial charge in [-0.3, -0.25) is 4.79 Å². The van der Waals surface area contributed by atoms with Crippen molar-refractivity contribution < 1.29 is 9.53 Å². The molecule has 0 bridgehead atoms. The summed E-state index contributed by atoms with van der Waals surface area (Å²) >= 11 is 0. The first-order chi connectivity index (χ1) is 9.81. The van der Waals surface area contributed by atoms with Gasteiger partial charge >= 0.3 is 5.97 Å². The maximum atomic E-state index is 11.4. The largest absolute Gasteiger partial charge is 0.452 e. The highest BCUT2D eigenvalue weighted by atomic mass is 16.5. The summed E-state index contributed by atoms with van der Waals surface area (Å²) < 4.78 is 5.08. The van der Waals surface area contributed by atoms with E-state index in [4.69, 9.17) is 4.74 Å². The Labute approximate surface area is 125 Å². The fourth-order valence-corrected chi connectivity index (χ4v) is 2.02. The van der Waals surface area contributed by atoms with Crippen molar-refractivity contribution in [3.63, 3.8) is 0 Å². The topological polar surface area (TPSA) is 26.3 Å². The van der Waals surface area contributed by atoms with E-state index in [1.54, 1.807) is 0 Å². The molecule has 116 valence electrons. The molecule has 0 saturated carbocycles. The number of unbranched alkanes of at least 4 members (excludes halogenated alkanes) is 9. The normalized spacial score (nSPS) is 9.90. The molecule has 0 atom stereocenters. The van der Waals surface area contributed by atoms with Crippen LogP contribution in [0.3, 0.4) is 0 Å². The summed E-state index contributed by atoms with van der Waals surface area (Å²) in [6.45, 7) is 4.68. The van der Waals surface area contributed by atoms with Crippen LogP contribution in [0.15, 0.2) is 0 Å². The van der Waals surface area contributed by atoms with Crippen molar-refractivity contribution >= 4 is 5.97 Å². The highest BCUT2D eigenvalue weighted by Gasteiger charge is 2.00. The molecular formula is C18H32O2. The molecule has 0 saturated heterocycles. The Morgan fingerprint density at radius 2 is 1.40 bits per heavy atom. The first-order valence-electron chi connectivity index (χ1n) is 8.42. The van der Waals surface area contributed by atoms with Crippen molar-refractivity contribution in [2.45, 2.75) is 90.9 Å². The van der Waals surface area contributed by atoms with Crippen molar-refractivity contribution in [3.05, 3.63) is 0 Å². The van der Waals surface area contributed by atoms with Gasteiger partial charge in [0, 0.05) is 12.8 Å². The van der Waals surface area contributed by atoms with Crippen LogP contribution in [-0.2, 0) is 9.53 Å². The zero-order valence-electron chi connectivity index (χ0n) is 13.5. The number of hydrogen-bond acceptors (Lipinski definition) is 2. The third kappa shape index (κ3) is 15.1. The standard InChI is InChI=1S/C18H32O2/c1-3-5-7-9-11-13-15-17-20-18(19)16-14-12-10-8-6-4-2/h3-12,14,16-17H2,1-2H3. The summed E-state index contributed by atoms with van der Waals surface area (Å²) in [7, 11) is 0. The molecule has 0 spiro atoms. The van der Waals surface area contributed by atoms with Gasteiger partial charge in [0.25, 0.3) is 0 Å². The lowest BCUT2D eigenvalue weighted by Gasteiger charge is -2.01. The smallest absolute Gasteiger partial charge is 0.306 e. The van der Waals surface area contributed by atoms with Gasteiger partial charge in [-0.25, -0.2) is 0 Å². The zero-order chi connectivity index (χ0) is 14.9. The zero-order valence-corrected chi connectivity index (χ0v) is 13.5. The first kappa shape index (κ1) is 19.0. The molecule has 0 unspecified atom stereocenters. The van der Waals surface area contributed by atoms with E-state index in [9.17, 15) is 4.79 Å². The van der Waals surface area contributed by atoms with E-state index < -0.39 is 0 Å². The summed E-state index contributed by atoms with van der Waals surface area (Å²) in [6.07, 6.45) is 13.6. The maximum Gasteiger partial charge on any atom is 0.306 e. The van der Waals surface area contributed by atoms with Gasteiger partial charge < -0.3 is 4.74 Å². The van der Waals surface area contributed by atoms with Crippen molar-refractivity contribution in [1.82, 2.24) is 0 Å². The highest BCUT2D eigenvalue weighted by Crippen LogP contribution is 2.07. The molecule has 0 aliphatic rings. The molecule has 0 radical (unpaired) electrons. The SMILES string of the molecule is CCCCCCC#CCOC(=O)CCCCCCCC. The second kappa shape index (κ2) is 16.1. The van der Waals surface area contributed by atoms with Crippen LogP contribution in [0.5, 0.6) is 0 Å². The van der Waals surface area contributed by atoms with Gasteiger partial charge in [-0.1, -0.05) is 77.1 Å². The Morgan fingerprint density at radius 3 is 2.10 bits per heavy atom.